The van der Waals surface area contributed by atoms with Crippen LogP contribution in [0.4, 0.5) is 0 Å². The highest BCUT2D eigenvalue weighted by Crippen LogP contribution is 2.11. The van der Waals surface area contributed by atoms with Gasteiger partial charge in [0, 0.05) is 6.42 Å². The van der Waals surface area contributed by atoms with E-state index in [-0.39, 0.29) is 50.0 Å². The van der Waals surface area contributed by atoms with Crippen LogP contribution >= 0.6 is 0 Å². The molecule has 9 amide bonds. The molecule has 0 saturated carbocycles. The number of carbonyl (C=O) groups is 10. The quantitative estimate of drug-likeness (QED) is 0.0270. The molecule has 0 heterocycles. The number of amides is 9. The average molecular weight is 974 g/mol. The lowest BCUT2D eigenvalue weighted by molar-refractivity contribution is -0.143. The van der Waals surface area contributed by atoms with Gasteiger partial charge in [0.05, 0.1) is 25.9 Å². The van der Waals surface area contributed by atoms with Gasteiger partial charge in [-0.3, -0.25) is 43.2 Å². The molecule has 9 atom stereocenters. The van der Waals surface area contributed by atoms with Crippen LogP contribution in [0.1, 0.15) is 107 Å². The van der Waals surface area contributed by atoms with Gasteiger partial charge in [0.15, 0.2) is 0 Å². The van der Waals surface area contributed by atoms with E-state index in [1.165, 1.54) is 0 Å². The third-order valence-corrected chi connectivity index (χ3v) is 10.3. The monoisotopic (exact) mass is 974 g/mol. The van der Waals surface area contributed by atoms with E-state index in [0.29, 0.717) is 12.8 Å². The van der Waals surface area contributed by atoms with Gasteiger partial charge >= 0.3 is 5.97 Å². The third kappa shape index (κ3) is 24.0. The Morgan fingerprint density at radius 3 is 1.19 bits per heavy atom. The van der Waals surface area contributed by atoms with Crippen molar-refractivity contribution >= 4 is 59.1 Å². The summed E-state index contributed by atoms with van der Waals surface area (Å²) in [6.45, 7) is 11.2. The first kappa shape index (κ1) is 62.5. The summed E-state index contributed by atoms with van der Waals surface area (Å²) in [4.78, 5) is 130. The van der Waals surface area contributed by atoms with E-state index in [4.69, 9.17) is 17.2 Å². The largest absolute Gasteiger partial charge is 0.480 e. The van der Waals surface area contributed by atoms with E-state index in [2.05, 4.69) is 42.5 Å². The van der Waals surface area contributed by atoms with Crippen molar-refractivity contribution in [2.75, 3.05) is 26.4 Å². The Kier molecular flexibility index (Phi) is 29.7. The van der Waals surface area contributed by atoms with Gasteiger partial charge in [0.25, 0.3) is 0 Å². The van der Waals surface area contributed by atoms with Crippen molar-refractivity contribution < 1.29 is 68.4 Å². The molecule has 68 heavy (non-hydrogen) atoms. The molecule has 0 aliphatic carbocycles. The Labute approximate surface area is 397 Å². The summed E-state index contributed by atoms with van der Waals surface area (Å²) in [7, 11) is 0. The number of hydrogen-bond donors (Lipinski definition) is 15. The lowest BCUT2D eigenvalue weighted by atomic mass is 9.99. The third-order valence-electron chi connectivity index (χ3n) is 10.3. The molecule has 0 spiro atoms. The van der Waals surface area contributed by atoms with Crippen molar-refractivity contribution in [3.63, 3.8) is 0 Å². The number of carbonyl (C=O) groups excluding carboxylic acids is 9. The van der Waals surface area contributed by atoms with E-state index < -0.39 is 152 Å². The number of unbranched alkanes of at least 4 members (excludes halogenated alkanes) is 1. The number of aliphatic carboxylic acids is 1. The summed E-state index contributed by atoms with van der Waals surface area (Å²) in [6, 6.07) is -12.9. The normalized spacial score (nSPS) is 15.4. The summed E-state index contributed by atoms with van der Waals surface area (Å²) in [5, 5.41) is 58.9. The SMILES string of the molecule is CC(C)C[C@H](NC(=O)[C@@H](NC(=O)[C@H](CCCCN)NC(=O)[C@H](CO)NC(=O)[C@H](CCC(N)=O)NC(=O)[C@H](CO)NC(=O)[C@H](CC(C)C)NC(=O)[C@H](CO)NC(=O)[C@@H](N)CC(C)C)C(C)C)C(=O)O. The second-order valence-corrected chi connectivity index (χ2v) is 18.3. The number of primary amides is 1. The summed E-state index contributed by atoms with van der Waals surface area (Å²) >= 11 is 0. The lowest BCUT2D eigenvalue weighted by Gasteiger charge is -2.28. The first-order valence-electron chi connectivity index (χ1n) is 22.9. The molecule has 0 aromatic carbocycles. The number of nitrogens with one attached hydrogen (secondary N) is 8. The van der Waals surface area contributed by atoms with Crippen molar-refractivity contribution in [1.29, 1.82) is 0 Å². The molecule has 0 unspecified atom stereocenters. The number of rotatable bonds is 34. The highest BCUT2D eigenvalue weighted by atomic mass is 16.4. The summed E-state index contributed by atoms with van der Waals surface area (Å²) < 4.78 is 0. The van der Waals surface area contributed by atoms with E-state index in [0.717, 1.165) is 0 Å². The van der Waals surface area contributed by atoms with Gasteiger partial charge in [0.1, 0.15) is 48.3 Å². The fourth-order valence-electron chi connectivity index (χ4n) is 6.60. The molecule has 0 aromatic heterocycles. The topological polar surface area (TPSA) is 426 Å². The minimum atomic E-state index is -1.77. The Morgan fingerprint density at radius 2 is 0.794 bits per heavy atom. The van der Waals surface area contributed by atoms with Gasteiger partial charge in [-0.25, -0.2) is 4.79 Å². The fourth-order valence-corrected chi connectivity index (χ4v) is 6.60. The van der Waals surface area contributed by atoms with Gasteiger partial charge < -0.3 is 80.2 Å². The molecule has 390 valence electrons. The second kappa shape index (κ2) is 32.3. The number of carboxylic acids is 1. The molecule has 0 aromatic rings. The van der Waals surface area contributed by atoms with Crippen molar-refractivity contribution in [3.8, 4) is 0 Å². The summed E-state index contributed by atoms with van der Waals surface area (Å²) in [6.07, 6.45) is 0.142. The molecule has 0 radical (unpaired) electrons. The molecule has 0 bridgehead atoms. The number of hydrogen-bond acceptors (Lipinski definition) is 15. The van der Waals surface area contributed by atoms with Crippen molar-refractivity contribution in [2.24, 2.45) is 40.9 Å². The Bertz CT molecular complexity index is 1680. The van der Waals surface area contributed by atoms with Gasteiger partial charge in [0.2, 0.25) is 53.2 Å². The van der Waals surface area contributed by atoms with Crippen LogP contribution in [0.2, 0.25) is 0 Å². The molecule has 18 N–H and O–H groups in total. The Balaban J connectivity index is 6.28. The maximum absolute atomic E-state index is 13.7. The lowest BCUT2D eigenvalue weighted by Crippen LogP contribution is -2.61. The molecule has 25 heteroatoms. The molecule has 0 aliphatic rings. The predicted octanol–water partition coefficient (Wildman–Crippen LogP) is -4.56. The Morgan fingerprint density at radius 1 is 0.441 bits per heavy atom. The van der Waals surface area contributed by atoms with Gasteiger partial charge in [-0.05, 0) is 75.2 Å². The van der Waals surface area contributed by atoms with Crippen molar-refractivity contribution in [3.05, 3.63) is 0 Å². The maximum atomic E-state index is 13.7. The second-order valence-electron chi connectivity index (χ2n) is 18.3. The zero-order valence-corrected chi connectivity index (χ0v) is 40.6. The first-order chi connectivity index (χ1) is 31.7. The standard InChI is InChI=1S/C43H79N11O14/c1-21(2)15-25(45)35(59)51-30(18-55)41(65)49-28(16-22(3)4)38(62)53-32(20-57)40(64)48-27(12-13-33(46)58)36(60)52-31(19-56)39(63)47-26(11-9-10-14-44)37(61)54-34(24(7)8)42(66)50-29(43(67)68)17-23(5)6/h21-32,34,55-57H,9-20,44-45H2,1-8H3,(H2,46,58)(H,47,63)(H,48,64)(H,49,65)(H,50,66)(H,51,59)(H,52,60)(H,53,62)(H,54,61)(H,67,68)/t25-,26-,27-,28-,29-,30-,31-,32-,34-/m0/s1. The fraction of sp³-hybridized carbons (Fsp3) is 0.767. The predicted molar refractivity (Wildman–Crippen MR) is 247 cm³/mol. The minimum absolute atomic E-state index is 0.0145. The van der Waals surface area contributed by atoms with Crippen LogP contribution in [0.3, 0.4) is 0 Å². The molecular weight excluding hydrogens is 895 g/mol. The number of aliphatic hydroxyl groups is 3. The van der Waals surface area contributed by atoms with Crippen molar-refractivity contribution in [2.45, 2.75) is 161 Å². The average Bonchev–Trinajstić information content (AvgIpc) is 3.24. The van der Waals surface area contributed by atoms with Crippen LogP contribution in [-0.2, 0) is 47.9 Å². The molecule has 0 aliphatic heterocycles. The van der Waals surface area contributed by atoms with Crippen LogP contribution in [-0.4, -0.2) is 160 Å². The first-order valence-corrected chi connectivity index (χ1v) is 22.9. The summed E-state index contributed by atoms with van der Waals surface area (Å²) in [5.74, 6) is -10.6. The Hall–Kier alpha value is -5.50. The molecule has 0 saturated heterocycles. The van der Waals surface area contributed by atoms with Crippen LogP contribution in [0, 0.1) is 23.7 Å². The maximum Gasteiger partial charge on any atom is 0.326 e. The molecular formula is C43H79N11O14. The van der Waals surface area contributed by atoms with E-state index >= 15 is 0 Å². The van der Waals surface area contributed by atoms with Crippen LogP contribution < -0.4 is 59.7 Å². The van der Waals surface area contributed by atoms with Gasteiger partial charge in [-0.2, -0.15) is 0 Å². The smallest absolute Gasteiger partial charge is 0.326 e. The number of carboxylic acid groups (broad SMARTS) is 1. The zero-order chi connectivity index (χ0) is 52.4. The molecule has 25 nitrogen and oxygen atoms in total. The number of nitrogens with two attached hydrogens (primary N) is 3. The summed E-state index contributed by atoms with van der Waals surface area (Å²) in [5.41, 5.74) is 16.8. The highest BCUT2D eigenvalue weighted by molar-refractivity contribution is 5.98. The van der Waals surface area contributed by atoms with Gasteiger partial charge in [-0.1, -0.05) is 55.4 Å². The molecule has 0 rings (SSSR count). The van der Waals surface area contributed by atoms with Crippen LogP contribution in [0.25, 0.3) is 0 Å². The number of aliphatic hydroxyl groups excluding tert-OH is 3. The van der Waals surface area contributed by atoms with E-state index in [9.17, 15) is 68.4 Å². The molecule has 0 fully saturated rings. The van der Waals surface area contributed by atoms with Crippen LogP contribution in [0.15, 0.2) is 0 Å². The van der Waals surface area contributed by atoms with E-state index in [1.807, 2.05) is 13.8 Å². The highest BCUT2D eigenvalue weighted by Gasteiger charge is 2.35. The minimum Gasteiger partial charge on any atom is -0.480 e. The van der Waals surface area contributed by atoms with Crippen LogP contribution in [0.5, 0.6) is 0 Å². The zero-order valence-electron chi connectivity index (χ0n) is 40.6. The van der Waals surface area contributed by atoms with Gasteiger partial charge in [-0.15, -0.1) is 0 Å². The van der Waals surface area contributed by atoms with Crippen molar-refractivity contribution in [1.82, 2.24) is 42.5 Å². The van der Waals surface area contributed by atoms with E-state index in [1.54, 1.807) is 41.5 Å².